The molecule has 3 heteroatoms. The first kappa shape index (κ1) is 12.3. The first-order valence-electron chi connectivity index (χ1n) is 6.46. The molecule has 3 aromatic rings. The van der Waals surface area contributed by atoms with Crippen LogP contribution in [0.3, 0.4) is 0 Å². The molecular formula is C16H16N2S. The fraction of sp³-hybridized carbons (Fsp3) is 0.188. The molecule has 2 aromatic carbocycles. The van der Waals surface area contributed by atoms with Crippen LogP contribution in [0.2, 0.25) is 0 Å². The molecule has 19 heavy (non-hydrogen) atoms. The van der Waals surface area contributed by atoms with Gasteiger partial charge < -0.3 is 5.73 Å². The number of benzene rings is 2. The van der Waals surface area contributed by atoms with Crippen LogP contribution in [0.4, 0.5) is 0 Å². The maximum Gasteiger partial charge on any atom is 0.0945 e. The predicted molar refractivity (Wildman–Crippen MR) is 81.6 cm³/mol. The summed E-state index contributed by atoms with van der Waals surface area (Å²) in [7, 11) is 0. The zero-order valence-electron chi connectivity index (χ0n) is 10.6. The summed E-state index contributed by atoms with van der Waals surface area (Å²) in [5.41, 5.74) is 8.31. The zero-order valence-corrected chi connectivity index (χ0v) is 11.4. The van der Waals surface area contributed by atoms with E-state index in [1.165, 1.54) is 15.3 Å². The van der Waals surface area contributed by atoms with Gasteiger partial charge in [0.1, 0.15) is 0 Å². The fourth-order valence-corrected chi connectivity index (χ4v) is 3.33. The molecule has 0 amide bonds. The lowest BCUT2D eigenvalue weighted by atomic mass is 9.96. The summed E-state index contributed by atoms with van der Waals surface area (Å²) in [5, 5.41) is 1.17. The molecule has 0 bridgehead atoms. The summed E-state index contributed by atoms with van der Waals surface area (Å²) >= 11 is 1.77. The van der Waals surface area contributed by atoms with Crippen molar-refractivity contribution in [3.05, 3.63) is 65.2 Å². The zero-order chi connectivity index (χ0) is 13.1. The van der Waals surface area contributed by atoms with Gasteiger partial charge in [0.15, 0.2) is 0 Å². The Bertz CT molecular complexity index is 628. The minimum atomic E-state index is 0.349. The van der Waals surface area contributed by atoms with Gasteiger partial charge in [0.2, 0.25) is 0 Å². The van der Waals surface area contributed by atoms with Gasteiger partial charge >= 0.3 is 0 Å². The number of rotatable bonds is 4. The number of thiazole rings is 1. The van der Waals surface area contributed by atoms with E-state index in [0.29, 0.717) is 12.5 Å². The highest BCUT2D eigenvalue weighted by Gasteiger charge is 2.13. The number of para-hydroxylation sites is 1. The molecule has 2 nitrogen and oxygen atoms in total. The van der Waals surface area contributed by atoms with Gasteiger partial charge in [-0.25, -0.2) is 4.98 Å². The lowest BCUT2D eigenvalue weighted by Crippen LogP contribution is -2.14. The first-order chi connectivity index (χ1) is 9.36. The average molecular weight is 268 g/mol. The Morgan fingerprint density at radius 1 is 1.00 bits per heavy atom. The summed E-state index contributed by atoms with van der Waals surface area (Å²) in [5.74, 6) is 0.349. The van der Waals surface area contributed by atoms with Crippen LogP contribution in [-0.2, 0) is 6.42 Å². The molecule has 0 saturated carbocycles. The maximum absolute atomic E-state index is 5.92. The van der Waals surface area contributed by atoms with Gasteiger partial charge in [-0.2, -0.15) is 0 Å². The van der Waals surface area contributed by atoms with Gasteiger partial charge in [0.05, 0.1) is 15.2 Å². The number of nitrogens with zero attached hydrogens (tertiary/aromatic N) is 1. The summed E-state index contributed by atoms with van der Waals surface area (Å²) < 4.78 is 1.25. The summed E-state index contributed by atoms with van der Waals surface area (Å²) in [6.07, 6.45) is 0.917. The summed E-state index contributed by atoms with van der Waals surface area (Å²) in [4.78, 5) is 4.69. The second kappa shape index (κ2) is 5.51. The molecule has 0 radical (unpaired) electrons. The van der Waals surface area contributed by atoms with Crippen molar-refractivity contribution in [3.63, 3.8) is 0 Å². The van der Waals surface area contributed by atoms with Gasteiger partial charge in [0, 0.05) is 12.3 Å². The smallest absolute Gasteiger partial charge is 0.0945 e. The van der Waals surface area contributed by atoms with Crippen LogP contribution in [0.5, 0.6) is 0 Å². The van der Waals surface area contributed by atoms with E-state index in [1.54, 1.807) is 11.3 Å². The lowest BCUT2D eigenvalue weighted by Gasteiger charge is -2.13. The van der Waals surface area contributed by atoms with Crippen molar-refractivity contribution in [2.75, 3.05) is 6.54 Å². The van der Waals surface area contributed by atoms with E-state index >= 15 is 0 Å². The SMILES string of the molecule is NCC(Cc1nc2ccccc2s1)c1ccccc1. The fourth-order valence-electron chi connectivity index (χ4n) is 2.28. The third-order valence-corrected chi connectivity index (χ3v) is 4.37. The van der Waals surface area contributed by atoms with E-state index < -0.39 is 0 Å². The van der Waals surface area contributed by atoms with Crippen molar-refractivity contribution >= 4 is 21.6 Å². The molecule has 3 rings (SSSR count). The summed E-state index contributed by atoms with van der Waals surface area (Å²) in [6, 6.07) is 18.7. The van der Waals surface area contributed by atoms with Crippen LogP contribution in [-0.4, -0.2) is 11.5 Å². The molecule has 0 aliphatic heterocycles. The monoisotopic (exact) mass is 268 g/mol. The molecule has 2 N–H and O–H groups in total. The molecule has 1 atom stereocenters. The van der Waals surface area contributed by atoms with Gasteiger partial charge in [-0.05, 0) is 24.2 Å². The standard InChI is InChI=1S/C16H16N2S/c17-11-13(12-6-2-1-3-7-12)10-16-18-14-8-4-5-9-15(14)19-16/h1-9,13H,10-11,17H2. The molecule has 96 valence electrons. The van der Waals surface area contributed by atoms with E-state index in [9.17, 15) is 0 Å². The Kier molecular flexibility index (Phi) is 3.58. The Morgan fingerprint density at radius 2 is 1.74 bits per heavy atom. The van der Waals surface area contributed by atoms with E-state index in [2.05, 4.69) is 47.4 Å². The second-order valence-electron chi connectivity index (χ2n) is 4.62. The van der Waals surface area contributed by atoms with E-state index in [0.717, 1.165) is 11.9 Å². The number of fused-ring (bicyclic) bond motifs is 1. The van der Waals surface area contributed by atoms with Crippen LogP contribution < -0.4 is 5.73 Å². The Labute approximate surface area is 116 Å². The number of aromatic nitrogens is 1. The Balaban J connectivity index is 1.86. The summed E-state index contributed by atoms with van der Waals surface area (Å²) in [6.45, 7) is 0.653. The normalized spacial score (nSPS) is 12.7. The lowest BCUT2D eigenvalue weighted by molar-refractivity contribution is 0.692. The van der Waals surface area contributed by atoms with Crippen molar-refractivity contribution in [3.8, 4) is 0 Å². The Hall–Kier alpha value is -1.71. The molecule has 0 aliphatic carbocycles. The highest BCUT2D eigenvalue weighted by atomic mass is 32.1. The van der Waals surface area contributed by atoms with Crippen LogP contribution in [0.15, 0.2) is 54.6 Å². The van der Waals surface area contributed by atoms with E-state index in [-0.39, 0.29) is 0 Å². The van der Waals surface area contributed by atoms with Crippen LogP contribution in [0.1, 0.15) is 16.5 Å². The molecule has 0 aliphatic rings. The number of hydrogen-bond acceptors (Lipinski definition) is 3. The molecule has 0 spiro atoms. The topological polar surface area (TPSA) is 38.9 Å². The average Bonchev–Trinajstić information content (AvgIpc) is 2.88. The van der Waals surface area contributed by atoms with Crippen molar-refractivity contribution in [2.24, 2.45) is 5.73 Å². The molecule has 0 fully saturated rings. The van der Waals surface area contributed by atoms with Gasteiger partial charge in [-0.3, -0.25) is 0 Å². The maximum atomic E-state index is 5.92. The predicted octanol–water partition coefficient (Wildman–Crippen LogP) is 3.58. The van der Waals surface area contributed by atoms with Crippen molar-refractivity contribution in [1.82, 2.24) is 4.98 Å². The largest absolute Gasteiger partial charge is 0.330 e. The van der Waals surface area contributed by atoms with E-state index in [1.807, 2.05) is 12.1 Å². The van der Waals surface area contributed by atoms with Crippen LogP contribution >= 0.6 is 11.3 Å². The van der Waals surface area contributed by atoms with Crippen LogP contribution in [0.25, 0.3) is 10.2 Å². The number of nitrogens with two attached hydrogens (primary N) is 1. The first-order valence-corrected chi connectivity index (χ1v) is 7.28. The van der Waals surface area contributed by atoms with E-state index in [4.69, 9.17) is 5.73 Å². The van der Waals surface area contributed by atoms with Gasteiger partial charge in [-0.15, -0.1) is 11.3 Å². The number of hydrogen-bond donors (Lipinski definition) is 1. The molecule has 1 unspecified atom stereocenters. The van der Waals surface area contributed by atoms with Gasteiger partial charge in [-0.1, -0.05) is 42.5 Å². The second-order valence-corrected chi connectivity index (χ2v) is 5.74. The highest BCUT2D eigenvalue weighted by molar-refractivity contribution is 7.18. The molecule has 0 saturated heterocycles. The molecular weight excluding hydrogens is 252 g/mol. The molecule has 1 heterocycles. The highest BCUT2D eigenvalue weighted by Crippen LogP contribution is 2.26. The van der Waals surface area contributed by atoms with Crippen molar-refractivity contribution in [1.29, 1.82) is 0 Å². The third kappa shape index (κ3) is 2.67. The minimum Gasteiger partial charge on any atom is -0.330 e. The Morgan fingerprint density at radius 3 is 2.47 bits per heavy atom. The quantitative estimate of drug-likeness (QED) is 0.785. The van der Waals surface area contributed by atoms with Gasteiger partial charge in [0.25, 0.3) is 0 Å². The van der Waals surface area contributed by atoms with Crippen LogP contribution in [0, 0.1) is 0 Å². The minimum absolute atomic E-state index is 0.349. The third-order valence-electron chi connectivity index (χ3n) is 3.31. The van der Waals surface area contributed by atoms with Crippen molar-refractivity contribution in [2.45, 2.75) is 12.3 Å². The molecule has 1 aromatic heterocycles. The van der Waals surface area contributed by atoms with Crippen molar-refractivity contribution < 1.29 is 0 Å².